The Morgan fingerprint density at radius 2 is 1.69 bits per heavy atom. The molecule has 3 rings (SSSR count). The average Bonchev–Trinajstić information content (AvgIpc) is 2.77. The van der Waals surface area contributed by atoms with Crippen molar-refractivity contribution in [1.29, 1.82) is 0 Å². The summed E-state index contributed by atoms with van der Waals surface area (Å²) >= 11 is 0. The molecule has 1 heterocycles. The Balaban J connectivity index is 1.67. The fraction of sp³-hybridized carbons (Fsp3) is 0.0909. The summed E-state index contributed by atoms with van der Waals surface area (Å²) in [6.45, 7) is 0.379. The van der Waals surface area contributed by atoms with Crippen molar-refractivity contribution < 1.29 is 19.1 Å². The van der Waals surface area contributed by atoms with E-state index in [0.29, 0.717) is 23.4 Å². The maximum Gasteiger partial charge on any atom is 0.337 e. The Labute approximate surface area is 167 Å². The van der Waals surface area contributed by atoms with Crippen molar-refractivity contribution in [2.75, 3.05) is 12.4 Å². The monoisotopic (exact) mass is 389 g/mol. The van der Waals surface area contributed by atoms with Gasteiger partial charge in [-0.15, -0.1) is 0 Å². The van der Waals surface area contributed by atoms with Crippen molar-refractivity contribution in [2.45, 2.75) is 6.54 Å². The molecule has 7 nitrogen and oxygen atoms in total. The first kappa shape index (κ1) is 19.8. The molecule has 2 aromatic carbocycles. The van der Waals surface area contributed by atoms with Crippen molar-refractivity contribution in [3.8, 4) is 0 Å². The summed E-state index contributed by atoms with van der Waals surface area (Å²) in [7, 11) is 1.28. The minimum Gasteiger partial charge on any atom is -0.465 e. The molecule has 29 heavy (non-hydrogen) atoms. The number of ether oxygens (including phenoxy) is 1. The van der Waals surface area contributed by atoms with Gasteiger partial charge in [-0.25, -0.2) is 4.79 Å². The topological polar surface area (TPSA) is 97.4 Å². The standard InChI is InChI=1S/C22H19N3O4/c1-29-22(28)17-8-5-9-18(12-17)25-21(27)19-13-16(10-11-23-19)20(26)24-14-15-6-3-2-4-7-15/h2-13H,14H2,1H3,(H,24,26)(H,25,27). The number of rotatable bonds is 6. The molecule has 2 amide bonds. The van der Waals surface area contributed by atoms with Gasteiger partial charge in [-0.1, -0.05) is 36.4 Å². The van der Waals surface area contributed by atoms with Crippen LogP contribution < -0.4 is 10.6 Å². The normalized spacial score (nSPS) is 10.1. The summed E-state index contributed by atoms with van der Waals surface area (Å²) in [4.78, 5) is 40.5. The van der Waals surface area contributed by atoms with Crippen molar-refractivity contribution in [3.63, 3.8) is 0 Å². The van der Waals surface area contributed by atoms with E-state index in [4.69, 9.17) is 0 Å². The van der Waals surface area contributed by atoms with Gasteiger partial charge in [0.2, 0.25) is 0 Å². The van der Waals surface area contributed by atoms with Gasteiger partial charge < -0.3 is 15.4 Å². The minimum absolute atomic E-state index is 0.0841. The van der Waals surface area contributed by atoms with Crippen LogP contribution in [-0.4, -0.2) is 29.9 Å². The molecule has 3 aromatic rings. The molecule has 0 aliphatic rings. The van der Waals surface area contributed by atoms with Crippen LogP contribution >= 0.6 is 0 Å². The summed E-state index contributed by atoms with van der Waals surface area (Å²) in [5.74, 6) is -1.31. The number of nitrogens with one attached hydrogen (secondary N) is 2. The fourth-order valence-electron chi connectivity index (χ4n) is 2.61. The van der Waals surface area contributed by atoms with E-state index >= 15 is 0 Å². The summed E-state index contributed by atoms with van der Waals surface area (Å²) in [5, 5.41) is 5.47. The summed E-state index contributed by atoms with van der Waals surface area (Å²) < 4.78 is 4.67. The SMILES string of the molecule is COC(=O)c1cccc(NC(=O)c2cc(C(=O)NCc3ccccc3)ccn2)c1. The van der Waals surface area contributed by atoms with Crippen LogP contribution in [0.15, 0.2) is 72.9 Å². The lowest BCUT2D eigenvalue weighted by Gasteiger charge is -2.08. The highest BCUT2D eigenvalue weighted by molar-refractivity contribution is 6.05. The molecule has 2 N–H and O–H groups in total. The molecule has 0 aliphatic heterocycles. The Hall–Kier alpha value is -4.00. The number of carbonyl (C=O) groups excluding carboxylic acids is 3. The number of carbonyl (C=O) groups is 3. The van der Waals surface area contributed by atoms with Crippen LogP contribution in [0.4, 0.5) is 5.69 Å². The van der Waals surface area contributed by atoms with Crippen LogP contribution in [-0.2, 0) is 11.3 Å². The molecule has 0 spiro atoms. The minimum atomic E-state index is -0.503. The van der Waals surface area contributed by atoms with Gasteiger partial charge in [0.25, 0.3) is 11.8 Å². The van der Waals surface area contributed by atoms with Gasteiger partial charge in [-0.3, -0.25) is 14.6 Å². The largest absolute Gasteiger partial charge is 0.465 e. The zero-order chi connectivity index (χ0) is 20.6. The van der Waals surface area contributed by atoms with Crippen LogP contribution in [0.5, 0.6) is 0 Å². The predicted octanol–water partition coefficient (Wildman–Crippen LogP) is 3.05. The third-order valence-corrected chi connectivity index (χ3v) is 4.09. The summed E-state index contributed by atoms with van der Waals surface area (Å²) in [6, 6.07) is 18.8. The number of pyridine rings is 1. The molecule has 7 heteroatoms. The number of aromatic nitrogens is 1. The first-order valence-corrected chi connectivity index (χ1v) is 8.85. The van der Waals surface area contributed by atoms with Gasteiger partial charge in [0.1, 0.15) is 5.69 Å². The van der Waals surface area contributed by atoms with E-state index in [-0.39, 0.29) is 11.6 Å². The number of nitrogens with zero attached hydrogens (tertiary/aromatic N) is 1. The highest BCUT2D eigenvalue weighted by Crippen LogP contribution is 2.13. The first-order valence-electron chi connectivity index (χ1n) is 8.85. The molecule has 146 valence electrons. The van der Waals surface area contributed by atoms with E-state index in [0.717, 1.165) is 5.56 Å². The molecule has 0 aliphatic carbocycles. The molecule has 0 bridgehead atoms. The second-order valence-corrected chi connectivity index (χ2v) is 6.12. The first-order chi connectivity index (χ1) is 14.1. The Morgan fingerprint density at radius 3 is 2.45 bits per heavy atom. The van der Waals surface area contributed by atoms with E-state index in [1.165, 1.54) is 31.5 Å². The van der Waals surface area contributed by atoms with Crippen LogP contribution in [0.25, 0.3) is 0 Å². The number of anilines is 1. The van der Waals surface area contributed by atoms with Gasteiger partial charge >= 0.3 is 5.97 Å². The molecule has 0 saturated carbocycles. The van der Waals surface area contributed by atoms with Crippen molar-refractivity contribution >= 4 is 23.5 Å². The molecule has 0 atom stereocenters. The molecular formula is C22H19N3O4. The van der Waals surface area contributed by atoms with Gasteiger partial charge in [-0.05, 0) is 35.9 Å². The second-order valence-electron chi connectivity index (χ2n) is 6.12. The van der Waals surface area contributed by atoms with Gasteiger partial charge in [-0.2, -0.15) is 0 Å². The zero-order valence-electron chi connectivity index (χ0n) is 15.7. The predicted molar refractivity (Wildman–Crippen MR) is 108 cm³/mol. The third kappa shape index (κ3) is 5.26. The third-order valence-electron chi connectivity index (χ3n) is 4.09. The van der Waals surface area contributed by atoms with Crippen LogP contribution in [0, 0.1) is 0 Å². The molecule has 0 unspecified atom stereocenters. The maximum atomic E-state index is 12.5. The number of hydrogen-bond acceptors (Lipinski definition) is 5. The Morgan fingerprint density at radius 1 is 0.897 bits per heavy atom. The molecule has 1 aromatic heterocycles. The molecule has 0 saturated heterocycles. The quantitative estimate of drug-likeness (QED) is 0.632. The van der Waals surface area contributed by atoms with E-state index in [1.807, 2.05) is 30.3 Å². The highest BCUT2D eigenvalue weighted by Gasteiger charge is 2.13. The molecular weight excluding hydrogens is 370 g/mol. The Kier molecular flexibility index (Phi) is 6.32. The van der Waals surface area contributed by atoms with Gasteiger partial charge in [0.15, 0.2) is 0 Å². The summed E-state index contributed by atoms with van der Waals surface area (Å²) in [5.41, 5.74) is 2.11. The maximum absolute atomic E-state index is 12.5. The molecule has 0 fully saturated rings. The smallest absolute Gasteiger partial charge is 0.337 e. The average molecular weight is 389 g/mol. The highest BCUT2D eigenvalue weighted by atomic mass is 16.5. The van der Waals surface area contributed by atoms with Gasteiger partial charge in [0.05, 0.1) is 12.7 Å². The van der Waals surface area contributed by atoms with Crippen LogP contribution in [0.2, 0.25) is 0 Å². The lowest BCUT2D eigenvalue weighted by atomic mass is 10.1. The summed E-state index contributed by atoms with van der Waals surface area (Å²) in [6.07, 6.45) is 1.40. The van der Waals surface area contributed by atoms with Crippen LogP contribution in [0.1, 0.15) is 36.8 Å². The lowest BCUT2D eigenvalue weighted by Crippen LogP contribution is -2.23. The number of amides is 2. The molecule has 0 radical (unpaired) electrons. The van der Waals surface area contributed by atoms with E-state index < -0.39 is 11.9 Å². The number of methoxy groups -OCH3 is 1. The van der Waals surface area contributed by atoms with Gasteiger partial charge in [0, 0.05) is 24.0 Å². The van der Waals surface area contributed by atoms with Crippen molar-refractivity contribution in [3.05, 3.63) is 95.3 Å². The van der Waals surface area contributed by atoms with E-state index in [2.05, 4.69) is 20.4 Å². The lowest BCUT2D eigenvalue weighted by molar-refractivity contribution is 0.0600. The number of esters is 1. The van der Waals surface area contributed by atoms with Crippen molar-refractivity contribution in [2.24, 2.45) is 0 Å². The van der Waals surface area contributed by atoms with E-state index in [1.54, 1.807) is 18.2 Å². The van der Waals surface area contributed by atoms with Crippen molar-refractivity contribution in [1.82, 2.24) is 10.3 Å². The zero-order valence-corrected chi connectivity index (χ0v) is 15.7. The van der Waals surface area contributed by atoms with Crippen LogP contribution in [0.3, 0.4) is 0 Å². The number of hydrogen-bond donors (Lipinski definition) is 2. The Bertz CT molecular complexity index is 1030. The van der Waals surface area contributed by atoms with E-state index in [9.17, 15) is 14.4 Å². The number of benzene rings is 2. The fourth-order valence-corrected chi connectivity index (χ4v) is 2.61. The second kappa shape index (κ2) is 9.27.